The van der Waals surface area contributed by atoms with Crippen LogP contribution in [0.2, 0.25) is 0 Å². The van der Waals surface area contributed by atoms with Gasteiger partial charge < -0.3 is 19.5 Å². The van der Waals surface area contributed by atoms with Crippen molar-refractivity contribution in [1.29, 1.82) is 0 Å². The Morgan fingerprint density at radius 2 is 1.76 bits per heavy atom. The molecule has 0 radical (unpaired) electrons. The van der Waals surface area contributed by atoms with Gasteiger partial charge in [-0.2, -0.15) is 0 Å². The number of H-pyrrole nitrogens is 1. The van der Waals surface area contributed by atoms with Crippen molar-refractivity contribution in [2.45, 2.75) is 33.2 Å². The number of pyridine rings is 1. The summed E-state index contributed by atoms with van der Waals surface area (Å²) in [6.45, 7) is 6.07. The van der Waals surface area contributed by atoms with Crippen LogP contribution in [0.3, 0.4) is 0 Å². The minimum absolute atomic E-state index is 0.0203. The number of carbonyl (C=O) groups excluding carboxylic acids is 2. The topological polar surface area (TPSA) is 78.5 Å². The van der Waals surface area contributed by atoms with Crippen molar-refractivity contribution >= 4 is 22.7 Å². The summed E-state index contributed by atoms with van der Waals surface area (Å²) in [7, 11) is 0. The first-order valence-electron chi connectivity index (χ1n) is 12.8. The Kier molecular flexibility index (Phi) is 8.92. The molecule has 192 valence electrons. The van der Waals surface area contributed by atoms with Crippen LogP contribution in [0, 0.1) is 0 Å². The van der Waals surface area contributed by atoms with Gasteiger partial charge in [-0.05, 0) is 61.2 Å². The molecule has 4 aromatic rings. The molecule has 1 N–H and O–H groups in total. The number of nitrogens with one attached hydrogen (secondary N) is 1. The van der Waals surface area contributed by atoms with Crippen LogP contribution in [0.5, 0.6) is 5.75 Å². The zero-order chi connectivity index (χ0) is 26.0. The number of rotatable bonds is 12. The first kappa shape index (κ1) is 25.9. The number of fused-ring (bicyclic) bond motifs is 1. The van der Waals surface area contributed by atoms with Crippen molar-refractivity contribution in [2.24, 2.45) is 0 Å². The Hall–Kier alpha value is -4.13. The van der Waals surface area contributed by atoms with E-state index in [2.05, 4.69) is 16.0 Å². The molecule has 2 aromatic heterocycles. The second-order valence-corrected chi connectivity index (χ2v) is 8.97. The molecule has 7 heteroatoms. The number of carbonyl (C=O) groups is 2. The second kappa shape index (κ2) is 12.7. The van der Waals surface area contributed by atoms with E-state index in [0.29, 0.717) is 38.2 Å². The summed E-state index contributed by atoms with van der Waals surface area (Å²) >= 11 is 0. The van der Waals surface area contributed by atoms with Crippen LogP contribution in [0.1, 0.15) is 41.8 Å². The Morgan fingerprint density at radius 1 is 0.946 bits per heavy atom. The summed E-state index contributed by atoms with van der Waals surface area (Å²) in [4.78, 5) is 37.6. The summed E-state index contributed by atoms with van der Waals surface area (Å²) in [6, 6.07) is 19.5. The molecule has 0 fully saturated rings. The minimum atomic E-state index is -0.180. The number of aromatic nitrogens is 2. The molecule has 37 heavy (non-hydrogen) atoms. The molecule has 0 saturated heterocycles. The fraction of sp³-hybridized carbons (Fsp3) is 0.300. The third-order valence-corrected chi connectivity index (χ3v) is 6.30. The van der Waals surface area contributed by atoms with Crippen molar-refractivity contribution < 1.29 is 14.3 Å². The van der Waals surface area contributed by atoms with Crippen LogP contribution in [-0.2, 0) is 17.8 Å². The molecule has 2 aromatic carbocycles. The summed E-state index contributed by atoms with van der Waals surface area (Å²) < 4.78 is 5.57. The van der Waals surface area contributed by atoms with Gasteiger partial charge >= 0.3 is 0 Å². The van der Waals surface area contributed by atoms with Gasteiger partial charge in [-0.3, -0.25) is 14.6 Å². The zero-order valence-electron chi connectivity index (χ0n) is 21.5. The maximum absolute atomic E-state index is 13.6. The fourth-order valence-corrected chi connectivity index (χ4v) is 4.42. The molecule has 2 amide bonds. The van der Waals surface area contributed by atoms with Crippen LogP contribution in [-0.4, -0.2) is 57.8 Å². The van der Waals surface area contributed by atoms with Gasteiger partial charge in [0.15, 0.2) is 0 Å². The summed E-state index contributed by atoms with van der Waals surface area (Å²) in [5.74, 6) is 0.541. The van der Waals surface area contributed by atoms with Crippen LogP contribution in [0.4, 0.5) is 0 Å². The van der Waals surface area contributed by atoms with E-state index < -0.39 is 0 Å². The summed E-state index contributed by atoms with van der Waals surface area (Å²) in [6.07, 6.45) is 6.66. The average molecular weight is 499 g/mol. The van der Waals surface area contributed by atoms with Crippen molar-refractivity contribution in [3.05, 3.63) is 95.9 Å². The minimum Gasteiger partial charge on any atom is -0.494 e. The third-order valence-electron chi connectivity index (χ3n) is 6.30. The molecular weight excluding hydrogens is 464 g/mol. The number of para-hydroxylation sites is 1. The van der Waals surface area contributed by atoms with E-state index in [4.69, 9.17) is 4.74 Å². The van der Waals surface area contributed by atoms with Crippen molar-refractivity contribution in [1.82, 2.24) is 19.8 Å². The van der Waals surface area contributed by atoms with E-state index in [-0.39, 0.29) is 18.4 Å². The SMILES string of the molecule is CCCN(CC(=O)N(CCc1c[nH]c2ccccc12)Cc1ccc(OCC)cc1)C(=O)c1cccnc1. The summed E-state index contributed by atoms with van der Waals surface area (Å²) in [5.41, 5.74) is 3.74. The van der Waals surface area contributed by atoms with Crippen molar-refractivity contribution in [3.8, 4) is 5.75 Å². The maximum Gasteiger partial charge on any atom is 0.255 e. The number of hydrogen-bond acceptors (Lipinski definition) is 4. The number of benzene rings is 2. The van der Waals surface area contributed by atoms with Crippen LogP contribution < -0.4 is 4.74 Å². The lowest BCUT2D eigenvalue weighted by Crippen LogP contribution is -2.43. The monoisotopic (exact) mass is 498 g/mol. The van der Waals surface area contributed by atoms with Gasteiger partial charge in [0, 0.05) is 49.1 Å². The van der Waals surface area contributed by atoms with E-state index in [0.717, 1.165) is 34.2 Å². The largest absolute Gasteiger partial charge is 0.494 e. The lowest BCUT2D eigenvalue weighted by molar-refractivity contribution is -0.132. The van der Waals surface area contributed by atoms with Crippen LogP contribution >= 0.6 is 0 Å². The quantitative estimate of drug-likeness (QED) is 0.295. The highest BCUT2D eigenvalue weighted by Gasteiger charge is 2.22. The molecule has 0 unspecified atom stereocenters. The number of aromatic amines is 1. The Labute approximate surface area is 218 Å². The van der Waals surface area contributed by atoms with Gasteiger partial charge in [-0.15, -0.1) is 0 Å². The van der Waals surface area contributed by atoms with Crippen LogP contribution in [0.15, 0.2) is 79.3 Å². The first-order valence-corrected chi connectivity index (χ1v) is 12.8. The fourth-order valence-electron chi connectivity index (χ4n) is 4.42. The van der Waals surface area contributed by atoms with Gasteiger partial charge in [0.2, 0.25) is 5.91 Å². The molecule has 0 bridgehead atoms. The van der Waals surface area contributed by atoms with E-state index in [1.807, 2.05) is 67.4 Å². The Balaban J connectivity index is 1.52. The molecule has 0 aliphatic rings. The number of ether oxygens (including phenoxy) is 1. The molecular formula is C30H34N4O3. The molecule has 0 aliphatic heterocycles. The predicted molar refractivity (Wildman–Crippen MR) is 145 cm³/mol. The lowest BCUT2D eigenvalue weighted by atomic mass is 10.1. The van der Waals surface area contributed by atoms with Gasteiger partial charge in [-0.25, -0.2) is 0 Å². The predicted octanol–water partition coefficient (Wildman–Crippen LogP) is 5.09. The zero-order valence-corrected chi connectivity index (χ0v) is 21.5. The smallest absolute Gasteiger partial charge is 0.255 e. The summed E-state index contributed by atoms with van der Waals surface area (Å²) in [5, 5.41) is 1.16. The van der Waals surface area contributed by atoms with Gasteiger partial charge in [-0.1, -0.05) is 37.3 Å². The molecule has 0 aliphatic carbocycles. The second-order valence-electron chi connectivity index (χ2n) is 8.97. The highest BCUT2D eigenvalue weighted by atomic mass is 16.5. The van der Waals surface area contributed by atoms with Gasteiger partial charge in [0.1, 0.15) is 12.3 Å². The number of nitrogens with zero attached hydrogens (tertiary/aromatic N) is 3. The first-order chi connectivity index (χ1) is 18.1. The van der Waals surface area contributed by atoms with E-state index in [1.165, 1.54) is 0 Å². The van der Waals surface area contributed by atoms with E-state index >= 15 is 0 Å². The molecule has 2 heterocycles. The lowest BCUT2D eigenvalue weighted by Gasteiger charge is -2.28. The van der Waals surface area contributed by atoms with Gasteiger partial charge in [0.05, 0.1) is 12.2 Å². The molecule has 0 atom stereocenters. The molecule has 0 saturated carbocycles. The van der Waals surface area contributed by atoms with Gasteiger partial charge in [0.25, 0.3) is 5.91 Å². The van der Waals surface area contributed by atoms with Crippen molar-refractivity contribution in [3.63, 3.8) is 0 Å². The maximum atomic E-state index is 13.6. The third kappa shape index (κ3) is 6.76. The molecule has 0 spiro atoms. The number of amides is 2. The standard InChI is InChI=1S/C30H34N4O3/c1-3-17-34(30(36)25-8-7-16-31-19-25)22-29(35)33(21-23-11-13-26(14-12-23)37-4-2)18-15-24-20-32-28-10-6-5-9-27(24)28/h5-14,16,19-20,32H,3-4,15,17-18,21-22H2,1-2H3. The van der Waals surface area contributed by atoms with Crippen molar-refractivity contribution in [2.75, 3.05) is 26.2 Å². The highest BCUT2D eigenvalue weighted by molar-refractivity contribution is 5.96. The van der Waals surface area contributed by atoms with Crippen LogP contribution in [0.25, 0.3) is 10.9 Å². The normalized spacial score (nSPS) is 10.9. The van der Waals surface area contributed by atoms with E-state index in [9.17, 15) is 9.59 Å². The molecule has 7 nitrogen and oxygen atoms in total. The average Bonchev–Trinajstić information content (AvgIpc) is 3.35. The highest BCUT2D eigenvalue weighted by Crippen LogP contribution is 2.20. The Morgan fingerprint density at radius 3 is 2.49 bits per heavy atom. The van der Waals surface area contributed by atoms with E-state index in [1.54, 1.807) is 29.4 Å². The Bertz CT molecular complexity index is 1300. The number of hydrogen-bond donors (Lipinski definition) is 1. The molecule has 4 rings (SSSR count).